The van der Waals surface area contributed by atoms with E-state index in [9.17, 15) is 9.90 Å². The summed E-state index contributed by atoms with van der Waals surface area (Å²) in [7, 11) is 3.13. The van der Waals surface area contributed by atoms with Gasteiger partial charge in [0.25, 0.3) is 5.91 Å². The maximum absolute atomic E-state index is 12.5. The van der Waals surface area contributed by atoms with E-state index in [4.69, 9.17) is 9.47 Å². The maximum Gasteiger partial charge on any atom is 0.268 e. The van der Waals surface area contributed by atoms with Gasteiger partial charge in [-0.15, -0.1) is 0 Å². The molecule has 2 heterocycles. The van der Waals surface area contributed by atoms with Crippen LogP contribution in [0, 0.1) is 0 Å². The molecule has 3 N–H and O–H groups in total. The summed E-state index contributed by atoms with van der Waals surface area (Å²) in [6, 6.07) is 9.11. The van der Waals surface area contributed by atoms with Crippen LogP contribution in [0.5, 0.6) is 17.2 Å². The molecule has 128 valence electrons. The van der Waals surface area contributed by atoms with Crippen LogP contribution in [0.2, 0.25) is 0 Å². The number of carbonyl (C=O) groups is 1. The molecular weight excluding hydrogens is 320 g/mol. The lowest BCUT2D eigenvalue weighted by atomic mass is 9.93. The lowest BCUT2D eigenvalue weighted by Crippen LogP contribution is -2.28. The van der Waals surface area contributed by atoms with Crippen molar-refractivity contribution in [2.45, 2.75) is 6.42 Å². The van der Waals surface area contributed by atoms with Crippen LogP contribution in [0.4, 0.5) is 0 Å². The Morgan fingerprint density at radius 1 is 1.12 bits per heavy atom. The quantitative estimate of drug-likeness (QED) is 0.671. The number of hydrogen-bond acceptors (Lipinski definition) is 4. The highest BCUT2D eigenvalue weighted by Crippen LogP contribution is 2.41. The van der Waals surface area contributed by atoms with Crippen LogP contribution in [-0.2, 0) is 6.42 Å². The van der Waals surface area contributed by atoms with Crippen molar-refractivity contribution < 1.29 is 19.4 Å². The number of methoxy groups -OCH3 is 2. The zero-order valence-electron chi connectivity index (χ0n) is 14.0. The Labute approximate surface area is 144 Å². The van der Waals surface area contributed by atoms with Crippen LogP contribution >= 0.6 is 0 Å². The molecule has 0 bridgehead atoms. The Hall–Kier alpha value is -3.15. The van der Waals surface area contributed by atoms with Gasteiger partial charge in [-0.3, -0.25) is 4.79 Å². The molecule has 0 saturated carbocycles. The van der Waals surface area contributed by atoms with E-state index in [1.807, 2.05) is 24.3 Å². The van der Waals surface area contributed by atoms with E-state index in [1.165, 1.54) is 7.11 Å². The molecule has 1 aliphatic rings. The molecule has 2 aromatic carbocycles. The largest absolute Gasteiger partial charge is 0.504 e. The first-order valence-corrected chi connectivity index (χ1v) is 8.00. The third kappa shape index (κ3) is 2.38. The van der Waals surface area contributed by atoms with Crippen LogP contribution in [0.25, 0.3) is 22.0 Å². The van der Waals surface area contributed by atoms with Crippen molar-refractivity contribution in [2.24, 2.45) is 0 Å². The number of benzene rings is 2. The van der Waals surface area contributed by atoms with E-state index in [0.29, 0.717) is 30.2 Å². The summed E-state index contributed by atoms with van der Waals surface area (Å²) >= 11 is 0. The fourth-order valence-electron chi connectivity index (χ4n) is 3.36. The van der Waals surface area contributed by atoms with Gasteiger partial charge in [-0.2, -0.15) is 0 Å². The number of ether oxygens (including phenoxy) is 2. The summed E-state index contributed by atoms with van der Waals surface area (Å²) in [6.07, 6.45) is 0.647. The zero-order valence-corrected chi connectivity index (χ0v) is 14.0. The van der Waals surface area contributed by atoms with Gasteiger partial charge >= 0.3 is 0 Å². The van der Waals surface area contributed by atoms with Gasteiger partial charge in [0.1, 0.15) is 11.4 Å². The molecule has 4 rings (SSSR count). The van der Waals surface area contributed by atoms with Gasteiger partial charge in [-0.05, 0) is 47.9 Å². The second-order valence-electron chi connectivity index (χ2n) is 5.97. The minimum atomic E-state index is -0.161. The fourth-order valence-corrected chi connectivity index (χ4v) is 3.36. The zero-order chi connectivity index (χ0) is 17.6. The van der Waals surface area contributed by atoms with Crippen molar-refractivity contribution >= 4 is 16.8 Å². The standard InChI is InChI=1S/C19H18N2O4/c1-24-11-3-4-14-13(8-11)17-12-9-15(22)16(25-2)7-10(12)5-6-20-19(23)18(17)21-14/h3-4,7-9,21-22H,5-6H2,1-2H3,(H,20,23). The molecule has 25 heavy (non-hydrogen) atoms. The van der Waals surface area contributed by atoms with E-state index in [1.54, 1.807) is 13.2 Å². The average molecular weight is 338 g/mol. The van der Waals surface area contributed by atoms with Gasteiger partial charge in [-0.25, -0.2) is 0 Å². The molecule has 1 aliphatic heterocycles. The minimum absolute atomic E-state index is 0.0467. The highest BCUT2D eigenvalue weighted by atomic mass is 16.5. The number of amides is 1. The highest BCUT2D eigenvalue weighted by molar-refractivity contribution is 6.11. The Morgan fingerprint density at radius 2 is 1.96 bits per heavy atom. The number of fused-ring (bicyclic) bond motifs is 5. The molecule has 6 nitrogen and oxygen atoms in total. The smallest absolute Gasteiger partial charge is 0.268 e. The Balaban J connectivity index is 2.08. The Bertz CT molecular complexity index is 991. The third-order valence-corrected chi connectivity index (χ3v) is 4.59. The maximum atomic E-state index is 12.5. The van der Waals surface area contributed by atoms with E-state index >= 15 is 0 Å². The second-order valence-corrected chi connectivity index (χ2v) is 5.97. The molecule has 0 radical (unpaired) electrons. The predicted molar refractivity (Wildman–Crippen MR) is 94.5 cm³/mol. The Kier molecular flexibility index (Phi) is 3.53. The molecule has 6 heteroatoms. The summed E-state index contributed by atoms with van der Waals surface area (Å²) in [5.41, 5.74) is 3.90. The van der Waals surface area contributed by atoms with Gasteiger partial charge in [0.05, 0.1) is 14.2 Å². The molecule has 3 aromatic rings. The molecule has 0 atom stereocenters. The summed E-state index contributed by atoms with van der Waals surface area (Å²) in [5, 5.41) is 14.1. The molecule has 0 fully saturated rings. The van der Waals surface area contributed by atoms with Crippen molar-refractivity contribution in [1.29, 1.82) is 0 Å². The Morgan fingerprint density at radius 3 is 2.72 bits per heavy atom. The van der Waals surface area contributed by atoms with Crippen molar-refractivity contribution in [3.63, 3.8) is 0 Å². The summed E-state index contributed by atoms with van der Waals surface area (Å²) < 4.78 is 10.6. The van der Waals surface area contributed by atoms with E-state index in [2.05, 4.69) is 10.3 Å². The number of rotatable bonds is 2. The first kappa shape index (κ1) is 15.4. The number of H-pyrrole nitrogens is 1. The summed E-state index contributed by atoms with van der Waals surface area (Å²) in [5.74, 6) is 1.01. The van der Waals surface area contributed by atoms with Crippen LogP contribution < -0.4 is 14.8 Å². The van der Waals surface area contributed by atoms with Crippen LogP contribution in [0.1, 0.15) is 16.1 Å². The van der Waals surface area contributed by atoms with Gasteiger partial charge in [0, 0.05) is 23.0 Å². The van der Waals surface area contributed by atoms with E-state index in [0.717, 1.165) is 27.6 Å². The monoisotopic (exact) mass is 338 g/mol. The molecule has 0 saturated heterocycles. The molecule has 0 spiro atoms. The minimum Gasteiger partial charge on any atom is -0.504 e. The predicted octanol–water partition coefficient (Wildman–Crippen LogP) is 2.84. The third-order valence-electron chi connectivity index (χ3n) is 4.59. The van der Waals surface area contributed by atoms with E-state index in [-0.39, 0.29) is 11.7 Å². The van der Waals surface area contributed by atoms with Crippen LogP contribution in [-0.4, -0.2) is 36.8 Å². The number of aromatic amines is 1. The molecule has 0 unspecified atom stereocenters. The number of aromatic hydroxyl groups is 1. The second kappa shape index (κ2) is 5.73. The van der Waals surface area contributed by atoms with Crippen LogP contribution in [0.3, 0.4) is 0 Å². The first-order chi connectivity index (χ1) is 12.1. The molecule has 1 aromatic heterocycles. The topological polar surface area (TPSA) is 83.6 Å². The normalized spacial score (nSPS) is 13.4. The van der Waals surface area contributed by atoms with Crippen molar-refractivity contribution in [3.8, 4) is 28.4 Å². The lowest BCUT2D eigenvalue weighted by Gasteiger charge is -2.17. The fraction of sp³-hybridized carbons (Fsp3) is 0.211. The van der Waals surface area contributed by atoms with Crippen molar-refractivity contribution in [1.82, 2.24) is 10.3 Å². The first-order valence-electron chi connectivity index (χ1n) is 8.00. The number of nitrogens with one attached hydrogen (secondary N) is 2. The van der Waals surface area contributed by atoms with Gasteiger partial charge < -0.3 is 24.9 Å². The number of carbonyl (C=O) groups excluding carboxylic acids is 1. The highest BCUT2D eigenvalue weighted by Gasteiger charge is 2.25. The van der Waals surface area contributed by atoms with Gasteiger partial charge in [0.15, 0.2) is 11.5 Å². The summed E-state index contributed by atoms with van der Waals surface area (Å²) in [4.78, 5) is 15.7. The SMILES string of the molecule is COc1ccc2[nH]c3c(c2c1)-c1cc(O)c(OC)cc1CCNC3=O. The summed E-state index contributed by atoms with van der Waals surface area (Å²) in [6.45, 7) is 0.512. The average Bonchev–Trinajstić information content (AvgIpc) is 2.99. The number of aromatic nitrogens is 1. The molecule has 1 amide bonds. The number of phenols is 1. The van der Waals surface area contributed by atoms with Gasteiger partial charge in [0.2, 0.25) is 0 Å². The van der Waals surface area contributed by atoms with Gasteiger partial charge in [-0.1, -0.05) is 0 Å². The lowest BCUT2D eigenvalue weighted by molar-refractivity contribution is 0.0950. The van der Waals surface area contributed by atoms with E-state index < -0.39 is 0 Å². The molecule has 0 aliphatic carbocycles. The number of hydrogen-bond donors (Lipinski definition) is 3. The number of phenolic OH excluding ortho intramolecular Hbond substituents is 1. The van der Waals surface area contributed by atoms with Crippen LogP contribution in [0.15, 0.2) is 30.3 Å². The van der Waals surface area contributed by atoms with Crippen molar-refractivity contribution in [3.05, 3.63) is 41.6 Å². The van der Waals surface area contributed by atoms with Crippen molar-refractivity contribution in [2.75, 3.05) is 20.8 Å². The molecular formula is C19H18N2O4.